The molecule has 0 saturated carbocycles. The first kappa shape index (κ1) is 31.7. The fourth-order valence-electron chi connectivity index (χ4n) is 0.919. The lowest BCUT2D eigenvalue weighted by atomic mass is 10.2. The molecule has 0 aromatic heterocycles. The van der Waals surface area contributed by atoms with Gasteiger partial charge >= 0.3 is 0 Å². The summed E-state index contributed by atoms with van der Waals surface area (Å²) in [5.41, 5.74) is 0. The molecule has 0 saturated heterocycles. The van der Waals surface area contributed by atoms with Gasteiger partial charge in [0.05, 0.1) is 18.1 Å². The molecule has 0 rings (SSSR count). The van der Waals surface area contributed by atoms with Gasteiger partial charge in [-0.2, -0.15) is 16.8 Å². The third-order valence-corrected chi connectivity index (χ3v) is 3.74. The summed E-state index contributed by atoms with van der Waals surface area (Å²) in [5, 5.41) is 20.0. The summed E-state index contributed by atoms with van der Waals surface area (Å²) in [4.78, 5) is 0. The maximum absolute atomic E-state index is 9.56. The molecule has 12 heteroatoms. The van der Waals surface area contributed by atoms with E-state index in [9.17, 15) is 16.8 Å². The predicted molar refractivity (Wildman–Crippen MR) is 96.9 cm³/mol. The van der Waals surface area contributed by atoms with Crippen LogP contribution in [-0.2, 0) is 20.2 Å². The van der Waals surface area contributed by atoms with Gasteiger partial charge in [0.25, 0.3) is 20.2 Å². The minimum Gasteiger partial charge on any atom is -0.396 e. The first-order valence-electron chi connectivity index (χ1n) is 7.36. The first-order valence-corrected chi connectivity index (χ1v) is 10.6. The third-order valence-electron chi connectivity index (χ3n) is 2.28. The Balaban J connectivity index is -0.000000132. The molecular formula is C12H32ClNO8S2. The maximum atomic E-state index is 9.56. The summed E-state index contributed by atoms with van der Waals surface area (Å²) in [6, 6.07) is 0. The standard InChI is InChI=1S/C8H19NO2.2C2H6O3S.ClH/c10-7-4-2-1-3-5-9-6-8-11;2*1-2-6(3,4)5;/h9-11H,1-8H2;2*2H2,1H3,(H,3,4,5);1H. The molecular weight excluding hydrogens is 386 g/mol. The lowest BCUT2D eigenvalue weighted by Crippen LogP contribution is -2.19. The highest BCUT2D eigenvalue weighted by atomic mass is 35.5. The van der Waals surface area contributed by atoms with E-state index in [0.717, 1.165) is 25.8 Å². The van der Waals surface area contributed by atoms with Gasteiger partial charge in [0, 0.05) is 13.2 Å². The number of halogens is 1. The van der Waals surface area contributed by atoms with Crippen LogP contribution in [-0.4, -0.2) is 74.0 Å². The highest BCUT2D eigenvalue weighted by molar-refractivity contribution is 7.85. The molecule has 9 nitrogen and oxygen atoms in total. The van der Waals surface area contributed by atoms with Crippen LogP contribution in [0.4, 0.5) is 0 Å². The number of hydrogen-bond donors (Lipinski definition) is 5. The highest BCUT2D eigenvalue weighted by Gasteiger charge is 1.94. The molecule has 0 spiro atoms. The van der Waals surface area contributed by atoms with Crippen molar-refractivity contribution in [3.8, 4) is 0 Å². The van der Waals surface area contributed by atoms with Gasteiger partial charge in [-0.15, -0.1) is 12.4 Å². The van der Waals surface area contributed by atoms with Gasteiger partial charge in [-0.3, -0.25) is 9.11 Å². The SMILES string of the molecule is CCS(=O)(=O)O.CCS(=O)(=O)O.Cl.OCCCCCCNCCO. The number of nitrogens with one attached hydrogen (secondary N) is 1. The minimum atomic E-state index is -3.66. The van der Waals surface area contributed by atoms with Crippen LogP contribution < -0.4 is 5.32 Å². The molecule has 0 atom stereocenters. The van der Waals surface area contributed by atoms with Crippen LogP contribution in [0.15, 0.2) is 0 Å². The van der Waals surface area contributed by atoms with Gasteiger partial charge in [0.1, 0.15) is 0 Å². The largest absolute Gasteiger partial charge is 0.396 e. The molecule has 0 fully saturated rings. The van der Waals surface area contributed by atoms with Crippen LogP contribution in [0.3, 0.4) is 0 Å². The van der Waals surface area contributed by atoms with E-state index < -0.39 is 20.2 Å². The van der Waals surface area contributed by atoms with E-state index in [0.29, 0.717) is 13.2 Å². The van der Waals surface area contributed by atoms with E-state index in [-0.39, 0.29) is 30.5 Å². The van der Waals surface area contributed by atoms with Crippen molar-refractivity contribution in [1.29, 1.82) is 0 Å². The number of aliphatic hydroxyl groups excluding tert-OH is 2. The summed E-state index contributed by atoms with van der Waals surface area (Å²) in [6.45, 7) is 4.94. The van der Waals surface area contributed by atoms with Crippen molar-refractivity contribution in [3.05, 3.63) is 0 Å². The minimum absolute atomic E-state index is 0. The quantitative estimate of drug-likeness (QED) is 0.249. The average Bonchev–Trinajstić information content (AvgIpc) is 2.46. The van der Waals surface area contributed by atoms with E-state index in [1.807, 2.05) is 0 Å². The van der Waals surface area contributed by atoms with E-state index in [2.05, 4.69) is 5.32 Å². The predicted octanol–water partition coefficient (Wildman–Crippen LogP) is 0.331. The summed E-state index contributed by atoms with van der Waals surface area (Å²) in [6.07, 6.45) is 4.33. The lowest BCUT2D eigenvalue weighted by molar-refractivity contribution is 0.281. The first-order chi connectivity index (χ1) is 10.5. The molecule has 0 amide bonds. The van der Waals surface area contributed by atoms with Crippen molar-refractivity contribution in [1.82, 2.24) is 5.32 Å². The zero-order valence-electron chi connectivity index (χ0n) is 14.2. The molecule has 5 N–H and O–H groups in total. The Hall–Kier alpha value is -0.0100. The molecule has 24 heavy (non-hydrogen) atoms. The van der Waals surface area contributed by atoms with Crippen LogP contribution in [0, 0.1) is 0 Å². The number of hydrogen-bond acceptors (Lipinski definition) is 7. The summed E-state index contributed by atoms with van der Waals surface area (Å²) in [7, 11) is -7.32. The van der Waals surface area contributed by atoms with Crippen LogP contribution in [0.2, 0.25) is 0 Å². The molecule has 0 aliphatic heterocycles. The molecule has 0 aliphatic carbocycles. The molecule has 152 valence electrons. The molecule has 0 radical (unpaired) electrons. The Morgan fingerprint density at radius 1 is 0.708 bits per heavy atom. The van der Waals surface area contributed by atoms with Crippen molar-refractivity contribution in [3.63, 3.8) is 0 Å². The van der Waals surface area contributed by atoms with Gasteiger partial charge in [0.15, 0.2) is 0 Å². The lowest BCUT2D eigenvalue weighted by Gasteiger charge is -2.01. The van der Waals surface area contributed by atoms with Gasteiger partial charge < -0.3 is 15.5 Å². The van der Waals surface area contributed by atoms with Crippen molar-refractivity contribution < 1.29 is 36.2 Å². The fraction of sp³-hybridized carbons (Fsp3) is 1.00. The maximum Gasteiger partial charge on any atom is 0.264 e. The van der Waals surface area contributed by atoms with Crippen molar-refractivity contribution >= 4 is 32.6 Å². The molecule has 0 aliphatic rings. The Kier molecular flexibility index (Phi) is 27.8. The molecule has 0 aromatic rings. The second-order valence-electron chi connectivity index (χ2n) is 4.35. The second kappa shape index (κ2) is 21.0. The smallest absolute Gasteiger partial charge is 0.264 e. The number of rotatable bonds is 10. The van der Waals surface area contributed by atoms with E-state index in [4.69, 9.17) is 19.3 Å². The van der Waals surface area contributed by atoms with Crippen molar-refractivity contribution in [2.75, 3.05) is 37.8 Å². The Labute approximate surface area is 151 Å². The van der Waals surface area contributed by atoms with Crippen molar-refractivity contribution in [2.45, 2.75) is 39.5 Å². The Morgan fingerprint density at radius 3 is 1.38 bits per heavy atom. The summed E-state index contributed by atoms with van der Waals surface area (Å²) < 4.78 is 53.8. The van der Waals surface area contributed by atoms with E-state index in [1.165, 1.54) is 20.3 Å². The highest BCUT2D eigenvalue weighted by Crippen LogP contribution is 1.96. The molecule has 0 unspecified atom stereocenters. The molecule has 0 heterocycles. The normalized spacial score (nSPS) is 10.6. The zero-order chi connectivity index (χ0) is 18.8. The van der Waals surface area contributed by atoms with Crippen LogP contribution >= 0.6 is 12.4 Å². The Morgan fingerprint density at radius 2 is 1.08 bits per heavy atom. The van der Waals surface area contributed by atoms with Gasteiger partial charge in [-0.25, -0.2) is 0 Å². The van der Waals surface area contributed by atoms with Gasteiger partial charge in [0.2, 0.25) is 0 Å². The van der Waals surface area contributed by atoms with Crippen LogP contribution in [0.25, 0.3) is 0 Å². The van der Waals surface area contributed by atoms with E-state index in [1.54, 1.807) is 0 Å². The fourth-order valence-corrected chi connectivity index (χ4v) is 0.919. The van der Waals surface area contributed by atoms with Crippen LogP contribution in [0.5, 0.6) is 0 Å². The molecule has 0 bridgehead atoms. The average molecular weight is 418 g/mol. The van der Waals surface area contributed by atoms with Gasteiger partial charge in [-0.05, 0) is 33.2 Å². The van der Waals surface area contributed by atoms with Gasteiger partial charge in [-0.1, -0.05) is 12.8 Å². The van der Waals surface area contributed by atoms with Crippen LogP contribution in [0.1, 0.15) is 39.5 Å². The van der Waals surface area contributed by atoms with E-state index >= 15 is 0 Å². The number of aliphatic hydroxyl groups is 2. The third kappa shape index (κ3) is 49.5. The summed E-state index contributed by atoms with van der Waals surface area (Å²) in [5.74, 6) is -0.403. The monoisotopic (exact) mass is 417 g/mol. The zero-order valence-corrected chi connectivity index (χ0v) is 16.7. The topological polar surface area (TPSA) is 161 Å². The van der Waals surface area contributed by atoms with Crippen molar-refractivity contribution in [2.24, 2.45) is 0 Å². The Bertz CT molecular complexity index is 388. The molecule has 0 aromatic carbocycles. The number of unbranched alkanes of at least 4 members (excludes halogenated alkanes) is 3. The summed E-state index contributed by atoms with van der Waals surface area (Å²) >= 11 is 0. The second-order valence-corrected chi connectivity index (χ2v) is 7.83.